The van der Waals surface area contributed by atoms with Crippen molar-refractivity contribution >= 4 is 46.9 Å². The Morgan fingerprint density at radius 2 is 1.54 bits per heavy atom. The number of nitrogens with zero attached hydrogens (tertiary/aromatic N) is 1. The van der Waals surface area contributed by atoms with Crippen molar-refractivity contribution in [2.75, 3.05) is 5.32 Å². The van der Waals surface area contributed by atoms with Crippen LogP contribution in [0.1, 0.15) is 31.9 Å². The highest BCUT2D eigenvalue weighted by Crippen LogP contribution is 2.23. The van der Waals surface area contributed by atoms with Crippen LogP contribution >= 0.6 is 23.2 Å². The Balaban J connectivity index is 1.92. The molecule has 0 saturated carbocycles. The van der Waals surface area contributed by atoms with Gasteiger partial charge < -0.3 is 5.32 Å². The Kier molecular flexibility index (Phi) is 6.40. The number of halogens is 2. The third kappa shape index (κ3) is 5.86. The van der Waals surface area contributed by atoms with E-state index in [1.54, 1.807) is 0 Å². The molecule has 0 saturated heterocycles. The largest absolute Gasteiger partial charge is 0.329 e. The van der Waals surface area contributed by atoms with E-state index in [2.05, 4.69) is 36.6 Å². The van der Waals surface area contributed by atoms with Gasteiger partial charge in [0.05, 0.1) is 6.21 Å². The molecule has 0 aromatic heterocycles. The highest BCUT2D eigenvalue weighted by atomic mass is 35.5. The van der Waals surface area contributed by atoms with Gasteiger partial charge in [0.15, 0.2) is 0 Å². The number of carbonyl (C=O) groups is 2. The van der Waals surface area contributed by atoms with Gasteiger partial charge in [0, 0.05) is 15.7 Å². The molecule has 26 heavy (non-hydrogen) atoms. The van der Waals surface area contributed by atoms with Crippen LogP contribution < -0.4 is 10.7 Å². The third-order valence-electron chi connectivity index (χ3n) is 3.48. The predicted octanol–water partition coefficient (Wildman–Crippen LogP) is 4.38. The molecule has 2 rings (SSSR count). The molecule has 0 aliphatic carbocycles. The average Bonchev–Trinajstić information content (AvgIpc) is 2.53. The maximum absolute atomic E-state index is 11.8. The van der Waals surface area contributed by atoms with Crippen molar-refractivity contribution in [1.82, 2.24) is 5.43 Å². The van der Waals surface area contributed by atoms with Crippen LogP contribution in [0.5, 0.6) is 0 Å². The summed E-state index contributed by atoms with van der Waals surface area (Å²) in [5, 5.41) is 6.90. The fraction of sp³-hybridized carbons (Fsp3) is 0.211. The molecule has 0 radical (unpaired) electrons. The van der Waals surface area contributed by atoms with Crippen molar-refractivity contribution in [2.24, 2.45) is 5.10 Å². The van der Waals surface area contributed by atoms with Crippen LogP contribution in [0.25, 0.3) is 0 Å². The Hall–Kier alpha value is -2.37. The van der Waals surface area contributed by atoms with Gasteiger partial charge in [-0.1, -0.05) is 68.2 Å². The van der Waals surface area contributed by atoms with Crippen molar-refractivity contribution in [3.63, 3.8) is 0 Å². The quantitative estimate of drug-likeness (QED) is 0.462. The van der Waals surface area contributed by atoms with E-state index in [9.17, 15) is 9.59 Å². The minimum Gasteiger partial charge on any atom is -0.318 e. The molecule has 0 aliphatic heterocycles. The first-order valence-corrected chi connectivity index (χ1v) is 8.62. The lowest BCUT2D eigenvalue weighted by Crippen LogP contribution is -2.32. The number of carbonyl (C=O) groups excluding carboxylic acids is 2. The van der Waals surface area contributed by atoms with Crippen molar-refractivity contribution in [2.45, 2.75) is 26.2 Å². The van der Waals surface area contributed by atoms with E-state index in [-0.39, 0.29) is 5.41 Å². The standard InChI is InChI=1S/C19H19Cl2N3O2/c1-19(2,3)13-6-4-12(5-7-13)11-22-24-18(26)17(25)23-16-9-14(20)8-15(21)10-16/h4-11H,1-3H3,(H,23,25)(H,24,26)/b22-11-. The maximum Gasteiger partial charge on any atom is 0.329 e. The molecule has 0 heterocycles. The van der Waals surface area contributed by atoms with Gasteiger partial charge in [-0.25, -0.2) is 5.43 Å². The van der Waals surface area contributed by atoms with Crippen molar-refractivity contribution < 1.29 is 9.59 Å². The molecule has 2 aromatic rings. The fourth-order valence-electron chi connectivity index (χ4n) is 2.10. The molecule has 0 spiro atoms. The SMILES string of the molecule is CC(C)(C)c1ccc(/C=N\NC(=O)C(=O)Nc2cc(Cl)cc(Cl)c2)cc1. The summed E-state index contributed by atoms with van der Waals surface area (Å²) >= 11 is 11.7. The zero-order valence-corrected chi connectivity index (χ0v) is 16.2. The number of benzene rings is 2. The van der Waals surface area contributed by atoms with E-state index >= 15 is 0 Å². The zero-order valence-electron chi connectivity index (χ0n) is 14.6. The van der Waals surface area contributed by atoms with Crippen molar-refractivity contribution in [3.05, 3.63) is 63.6 Å². The number of hydrogen-bond donors (Lipinski definition) is 2. The summed E-state index contributed by atoms with van der Waals surface area (Å²) < 4.78 is 0. The third-order valence-corrected chi connectivity index (χ3v) is 3.92. The second kappa shape index (κ2) is 8.34. The van der Waals surface area contributed by atoms with E-state index in [0.29, 0.717) is 15.7 Å². The summed E-state index contributed by atoms with van der Waals surface area (Å²) in [7, 11) is 0. The summed E-state index contributed by atoms with van der Waals surface area (Å²) in [5.41, 5.74) is 4.56. The van der Waals surface area contributed by atoms with Gasteiger partial charge in [-0.2, -0.15) is 5.10 Å². The van der Waals surface area contributed by atoms with Gasteiger partial charge in [-0.3, -0.25) is 9.59 Å². The summed E-state index contributed by atoms with van der Waals surface area (Å²) in [5.74, 6) is -1.77. The molecular weight excluding hydrogens is 373 g/mol. The predicted molar refractivity (Wildman–Crippen MR) is 106 cm³/mol. The Labute approximate surface area is 162 Å². The lowest BCUT2D eigenvalue weighted by molar-refractivity contribution is -0.136. The highest BCUT2D eigenvalue weighted by Gasteiger charge is 2.14. The first kappa shape index (κ1) is 19.9. The zero-order chi connectivity index (χ0) is 19.3. The van der Waals surface area contributed by atoms with Gasteiger partial charge in [-0.15, -0.1) is 0 Å². The number of nitrogens with one attached hydrogen (secondary N) is 2. The number of hydrazone groups is 1. The van der Waals surface area contributed by atoms with E-state index in [1.807, 2.05) is 24.3 Å². The van der Waals surface area contributed by atoms with Gasteiger partial charge >= 0.3 is 11.8 Å². The Bertz CT molecular complexity index is 821. The molecule has 7 heteroatoms. The summed E-state index contributed by atoms with van der Waals surface area (Å²) in [4.78, 5) is 23.6. The van der Waals surface area contributed by atoms with Gasteiger partial charge in [0.2, 0.25) is 0 Å². The lowest BCUT2D eigenvalue weighted by Gasteiger charge is -2.18. The molecule has 0 aliphatic rings. The monoisotopic (exact) mass is 391 g/mol. The molecular formula is C19H19Cl2N3O2. The van der Waals surface area contributed by atoms with Crippen LogP contribution in [-0.2, 0) is 15.0 Å². The molecule has 2 aromatic carbocycles. The minimum absolute atomic E-state index is 0.0607. The Morgan fingerprint density at radius 1 is 0.962 bits per heavy atom. The summed E-state index contributed by atoms with van der Waals surface area (Å²) in [6.07, 6.45) is 1.47. The Morgan fingerprint density at radius 3 is 2.08 bits per heavy atom. The molecule has 0 unspecified atom stereocenters. The van der Waals surface area contributed by atoms with E-state index in [0.717, 1.165) is 5.56 Å². The van der Waals surface area contributed by atoms with Crippen LogP contribution in [0.4, 0.5) is 5.69 Å². The number of anilines is 1. The summed E-state index contributed by atoms with van der Waals surface area (Å²) in [6, 6.07) is 12.3. The van der Waals surface area contributed by atoms with Crippen molar-refractivity contribution in [1.29, 1.82) is 0 Å². The first-order chi connectivity index (χ1) is 12.1. The molecule has 0 bridgehead atoms. The first-order valence-electron chi connectivity index (χ1n) is 7.86. The van der Waals surface area contributed by atoms with E-state index in [4.69, 9.17) is 23.2 Å². The smallest absolute Gasteiger partial charge is 0.318 e. The van der Waals surface area contributed by atoms with Crippen LogP contribution in [-0.4, -0.2) is 18.0 Å². The van der Waals surface area contributed by atoms with E-state index < -0.39 is 11.8 Å². The molecule has 136 valence electrons. The number of rotatable bonds is 3. The molecule has 2 N–H and O–H groups in total. The van der Waals surface area contributed by atoms with Crippen LogP contribution in [0.3, 0.4) is 0 Å². The van der Waals surface area contributed by atoms with Crippen LogP contribution in [0.15, 0.2) is 47.6 Å². The molecule has 5 nitrogen and oxygen atoms in total. The van der Waals surface area contributed by atoms with Crippen LogP contribution in [0, 0.1) is 0 Å². The average molecular weight is 392 g/mol. The topological polar surface area (TPSA) is 70.6 Å². The second-order valence-corrected chi connectivity index (χ2v) is 7.56. The van der Waals surface area contributed by atoms with Gasteiger partial charge in [-0.05, 0) is 34.7 Å². The second-order valence-electron chi connectivity index (χ2n) is 6.68. The minimum atomic E-state index is -0.899. The summed E-state index contributed by atoms with van der Waals surface area (Å²) in [6.45, 7) is 6.38. The molecule has 0 fully saturated rings. The van der Waals surface area contributed by atoms with Crippen LogP contribution in [0.2, 0.25) is 10.0 Å². The lowest BCUT2D eigenvalue weighted by atomic mass is 9.87. The molecule has 0 atom stereocenters. The van der Waals surface area contributed by atoms with Gasteiger partial charge in [0.25, 0.3) is 0 Å². The number of amides is 2. The molecule has 2 amide bonds. The fourth-order valence-corrected chi connectivity index (χ4v) is 2.63. The number of hydrogen-bond acceptors (Lipinski definition) is 3. The highest BCUT2D eigenvalue weighted by molar-refractivity contribution is 6.40. The maximum atomic E-state index is 11.8. The normalized spacial score (nSPS) is 11.4. The van der Waals surface area contributed by atoms with Crippen molar-refractivity contribution in [3.8, 4) is 0 Å². The van der Waals surface area contributed by atoms with E-state index in [1.165, 1.54) is 30.0 Å². The van der Waals surface area contributed by atoms with Gasteiger partial charge in [0.1, 0.15) is 0 Å².